The van der Waals surface area contributed by atoms with Crippen LogP contribution in [0.5, 0.6) is 0 Å². The zero-order valence-corrected chi connectivity index (χ0v) is 13.3. The summed E-state index contributed by atoms with van der Waals surface area (Å²) in [5.41, 5.74) is 7.45. The average Bonchev–Trinajstić information content (AvgIpc) is 3.30. The summed E-state index contributed by atoms with van der Waals surface area (Å²) in [5.74, 6) is -0.980. The van der Waals surface area contributed by atoms with Gasteiger partial charge in [-0.2, -0.15) is 0 Å². The number of carboxylic acid groups (broad SMARTS) is 1. The molecule has 6 nitrogen and oxygen atoms in total. The van der Waals surface area contributed by atoms with Gasteiger partial charge in [-0.3, -0.25) is 4.79 Å². The number of hydrogen-bond acceptors (Lipinski definition) is 3. The largest absolute Gasteiger partial charge is 0.480 e. The van der Waals surface area contributed by atoms with Crippen LogP contribution in [-0.2, 0) is 23.0 Å². The summed E-state index contributed by atoms with van der Waals surface area (Å²) in [4.78, 5) is 10.8. The summed E-state index contributed by atoms with van der Waals surface area (Å²) in [6, 6.07) is 6.87. The predicted octanol–water partition coefficient (Wildman–Crippen LogP) is 0.909. The van der Waals surface area contributed by atoms with Crippen molar-refractivity contribution in [1.29, 1.82) is 0 Å². The van der Waals surface area contributed by atoms with E-state index >= 15 is 0 Å². The number of rotatable bonds is 7. The molecule has 0 aromatic heterocycles. The van der Waals surface area contributed by atoms with Crippen molar-refractivity contribution in [2.75, 3.05) is 31.3 Å². The fourth-order valence-corrected chi connectivity index (χ4v) is 5.90. The predicted molar refractivity (Wildman–Crippen MR) is 86.8 cm³/mol. The molecule has 2 heterocycles. The number of carbonyl (C=O) groups is 1. The lowest BCUT2D eigenvalue weighted by molar-refractivity contribution is -0.138. The number of hydrogen-bond donors (Lipinski definition) is 3. The monoisotopic (exact) mass is 326 g/mol. The molecule has 2 aliphatic heterocycles. The molecule has 0 amide bonds. The number of nitrogens with zero attached hydrogens (tertiary/aromatic N) is 2. The van der Waals surface area contributed by atoms with Crippen molar-refractivity contribution in [1.82, 2.24) is 9.34 Å². The van der Waals surface area contributed by atoms with Crippen LogP contribution < -0.4 is 10.8 Å². The zero-order valence-electron chi connectivity index (χ0n) is 11.6. The Labute approximate surface area is 129 Å². The Kier molecular flexibility index (Phi) is 4.03. The Hall–Kier alpha value is -0.980. The first-order valence-electron chi connectivity index (χ1n) is 6.95. The van der Waals surface area contributed by atoms with Crippen LogP contribution in [0, 0.1) is 0 Å². The Morgan fingerprint density at radius 2 is 2.00 bits per heavy atom. The van der Waals surface area contributed by atoms with Gasteiger partial charge in [-0.05, 0) is 35.9 Å². The van der Waals surface area contributed by atoms with E-state index in [4.69, 9.17) is 22.6 Å². The summed E-state index contributed by atoms with van der Waals surface area (Å²) in [6.45, 7) is 2.41. The Morgan fingerprint density at radius 3 is 2.52 bits per heavy atom. The van der Waals surface area contributed by atoms with Crippen LogP contribution in [0.25, 0.3) is 0 Å². The third-order valence-electron chi connectivity index (χ3n) is 3.59. The average molecular weight is 326 g/mol. The van der Waals surface area contributed by atoms with Gasteiger partial charge in [0.1, 0.15) is 6.04 Å². The van der Waals surface area contributed by atoms with Crippen molar-refractivity contribution in [2.45, 2.75) is 12.5 Å². The quantitative estimate of drug-likeness (QED) is 0.507. The van der Waals surface area contributed by atoms with E-state index in [1.54, 1.807) is 0 Å². The first-order chi connectivity index (χ1) is 9.99. The standard InChI is InChI=1S/C13H19N4O2PS/c14-12(13(18)19)9-10-2-1-3-11(8-10)15-20(21,16-4-5-16)17-6-7-17/h1-3,8,12H,4-7,9,14H2,(H,15,21)(H,18,19)/t12-/m0/s1. The minimum Gasteiger partial charge on any atom is -0.480 e. The fraction of sp³-hybridized carbons (Fsp3) is 0.462. The topological polar surface area (TPSA) is 81.4 Å². The highest BCUT2D eigenvalue weighted by Crippen LogP contribution is 2.59. The van der Waals surface area contributed by atoms with E-state index in [1.807, 2.05) is 24.3 Å². The van der Waals surface area contributed by atoms with Crippen molar-refractivity contribution in [3.8, 4) is 0 Å². The van der Waals surface area contributed by atoms with E-state index in [2.05, 4.69) is 14.4 Å². The van der Waals surface area contributed by atoms with Crippen LogP contribution in [0.3, 0.4) is 0 Å². The number of carboxylic acids is 1. The normalized spacial score (nSPS) is 20.0. The highest BCUT2D eigenvalue weighted by atomic mass is 32.4. The summed E-state index contributed by atoms with van der Waals surface area (Å²) >= 11 is 5.86. The molecule has 114 valence electrons. The molecule has 8 heteroatoms. The molecule has 2 saturated heterocycles. The van der Waals surface area contributed by atoms with Gasteiger partial charge < -0.3 is 15.9 Å². The minimum absolute atomic E-state index is 0.321. The number of aliphatic carboxylic acids is 1. The second-order valence-electron chi connectivity index (χ2n) is 5.41. The molecular weight excluding hydrogens is 307 g/mol. The minimum atomic E-state index is -1.83. The van der Waals surface area contributed by atoms with E-state index in [0.29, 0.717) is 6.42 Å². The highest BCUT2D eigenvalue weighted by Gasteiger charge is 2.43. The lowest BCUT2D eigenvalue weighted by atomic mass is 10.1. The highest BCUT2D eigenvalue weighted by molar-refractivity contribution is 8.13. The molecule has 3 rings (SSSR count). The summed E-state index contributed by atoms with van der Waals surface area (Å²) in [7, 11) is 0. The maximum Gasteiger partial charge on any atom is 0.320 e. The maximum atomic E-state index is 10.8. The number of nitrogens with one attached hydrogen (secondary N) is 1. The summed E-state index contributed by atoms with van der Waals surface area (Å²) < 4.78 is 4.62. The Morgan fingerprint density at radius 1 is 1.38 bits per heavy atom. The molecule has 1 aromatic rings. The van der Waals surface area contributed by atoms with Crippen LogP contribution in [-0.4, -0.2) is 52.6 Å². The third-order valence-corrected chi connectivity index (χ3v) is 8.13. The number of benzene rings is 1. The molecule has 2 fully saturated rings. The van der Waals surface area contributed by atoms with Gasteiger partial charge in [-0.25, -0.2) is 9.34 Å². The Balaban J connectivity index is 1.73. The van der Waals surface area contributed by atoms with Gasteiger partial charge in [-0.15, -0.1) is 0 Å². The Bertz CT molecular complexity index is 588. The van der Waals surface area contributed by atoms with E-state index in [9.17, 15) is 4.79 Å². The molecule has 4 N–H and O–H groups in total. The zero-order chi connectivity index (χ0) is 15.0. The lowest BCUT2D eigenvalue weighted by Crippen LogP contribution is -2.32. The fourth-order valence-electron chi connectivity index (χ4n) is 2.23. The van der Waals surface area contributed by atoms with Gasteiger partial charge >= 0.3 is 5.97 Å². The molecule has 0 aliphatic carbocycles. The second kappa shape index (κ2) is 5.66. The van der Waals surface area contributed by atoms with Crippen molar-refractivity contribution in [3.05, 3.63) is 29.8 Å². The molecule has 1 atom stereocenters. The molecular formula is C13H19N4O2PS. The maximum absolute atomic E-state index is 10.8. The van der Waals surface area contributed by atoms with Gasteiger partial charge in [0.2, 0.25) is 0 Å². The molecule has 1 aromatic carbocycles. The molecule has 21 heavy (non-hydrogen) atoms. The lowest BCUT2D eigenvalue weighted by Gasteiger charge is -2.26. The number of anilines is 1. The van der Waals surface area contributed by atoms with Crippen molar-refractivity contribution >= 4 is 30.0 Å². The molecule has 0 radical (unpaired) electrons. The first-order valence-corrected chi connectivity index (χ1v) is 9.66. The summed E-state index contributed by atoms with van der Waals surface area (Å²) in [5, 5.41) is 12.4. The molecule has 2 aliphatic rings. The first kappa shape index (κ1) is 14.9. The van der Waals surface area contributed by atoms with Crippen LogP contribution in [0.15, 0.2) is 24.3 Å². The van der Waals surface area contributed by atoms with E-state index in [0.717, 1.165) is 37.4 Å². The molecule has 0 spiro atoms. The van der Waals surface area contributed by atoms with Gasteiger partial charge in [0.15, 0.2) is 6.49 Å². The van der Waals surface area contributed by atoms with Crippen LogP contribution >= 0.6 is 6.49 Å². The van der Waals surface area contributed by atoms with E-state index in [-0.39, 0.29) is 0 Å². The van der Waals surface area contributed by atoms with Crippen molar-refractivity contribution < 1.29 is 9.90 Å². The smallest absolute Gasteiger partial charge is 0.320 e. The SMILES string of the molecule is N[C@@H](Cc1cccc(NP(=S)(N2CC2)N2CC2)c1)C(=O)O. The van der Waals surface area contributed by atoms with Crippen molar-refractivity contribution in [2.24, 2.45) is 5.73 Å². The second-order valence-corrected chi connectivity index (χ2v) is 9.38. The molecule has 0 saturated carbocycles. The molecule has 0 bridgehead atoms. The van der Waals surface area contributed by atoms with Crippen LogP contribution in [0.2, 0.25) is 0 Å². The van der Waals surface area contributed by atoms with Crippen LogP contribution in [0.1, 0.15) is 5.56 Å². The van der Waals surface area contributed by atoms with Gasteiger partial charge in [-0.1, -0.05) is 12.1 Å². The summed E-state index contributed by atoms with van der Waals surface area (Å²) in [6.07, 6.45) is 0.321. The van der Waals surface area contributed by atoms with Gasteiger partial charge in [0, 0.05) is 31.9 Å². The van der Waals surface area contributed by atoms with Crippen molar-refractivity contribution in [3.63, 3.8) is 0 Å². The van der Waals surface area contributed by atoms with E-state index in [1.165, 1.54) is 0 Å². The van der Waals surface area contributed by atoms with Gasteiger partial charge in [0.05, 0.1) is 0 Å². The van der Waals surface area contributed by atoms with E-state index < -0.39 is 18.5 Å². The number of nitrogens with two attached hydrogens (primary N) is 1. The molecule has 0 unspecified atom stereocenters. The third kappa shape index (κ3) is 3.44. The van der Waals surface area contributed by atoms with Crippen LogP contribution in [0.4, 0.5) is 5.69 Å². The van der Waals surface area contributed by atoms with Gasteiger partial charge in [0.25, 0.3) is 0 Å².